The first kappa shape index (κ1) is 17.3. The van der Waals surface area contributed by atoms with Gasteiger partial charge in [0.2, 0.25) is 0 Å². The van der Waals surface area contributed by atoms with Gasteiger partial charge in [-0.3, -0.25) is 5.43 Å². The summed E-state index contributed by atoms with van der Waals surface area (Å²) in [5, 5.41) is 6.50. The van der Waals surface area contributed by atoms with Crippen LogP contribution in [0.2, 0.25) is 0 Å². The van der Waals surface area contributed by atoms with E-state index in [0.29, 0.717) is 11.3 Å². The Morgan fingerprint density at radius 1 is 1.25 bits per heavy atom. The van der Waals surface area contributed by atoms with Crippen LogP contribution in [0.5, 0.6) is 0 Å². The lowest BCUT2D eigenvalue weighted by Crippen LogP contribution is -2.27. The van der Waals surface area contributed by atoms with Crippen LogP contribution in [0, 0.1) is 0 Å². The van der Waals surface area contributed by atoms with E-state index in [-0.39, 0.29) is 11.3 Å². The van der Waals surface area contributed by atoms with Crippen LogP contribution in [0.3, 0.4) is 0 Å². The van der Waals surface area contributed by atoms with Gasteiger partial charge in [0.05, 0.1) is 16.9 Å². The molecule has 0 atom stereocenters. The van der Waals surface area contributed by atoms with Crippen LogP contribution in [0.1, 0.15) is 36.7 Å². The van der Waals surface area contributed by atoms with Crippen LogP contribution < -0.4 is 16.5 Å². The molecule has 0 radical (unpaired) electrons. The van der Waals surface area contributed by atoms with Gasteiger partial charge in [-0.15, -0.1) is 0 Å². The molecule has 7 heteroatoms. The summed E-state index contributed by atoms with van der Waals surface area (Å²) in [5.41, 5.74) is 9.10. The predicted octanol–water partition coefficient (Wildman–Crippen LogP) is 2.62. The number of nitrogens with one attached hydrogen (secondary N) is 2. The van der Waals surface area contributed by atoms with Crippen LogP contribution in [-0.4, -0.2) is 23.8 Å². The minimum atomic E-state index is -0.777. The molecule has 126 valence electrons. The smallest absolute Gasteiger partial charge is 0.340 e. The molecule has 7 nitrogen and oxygen atoms in total. The average Bonchev–Trinajstić information content (AvgIpc) is 2.74. The fourth-order valence-electron chi connectivity index (χ4n) is 2.08. The summed E-state index contributed by atoms with van der Waals surface area (Å²) in [6, 6.07) is 4.23. The van der Waals surface area contributed by atoms with Gasteiger partial charge >= 0.3 is 12.0 Å². The van der Waals surface area contributed by atoms with E-state index in [4.69, 9.17) is 10.5 Å². The molecule has 4 N–H and O–H groups in total. The van der Waals surface area contributed by atoms with Crippen molar-refractivity contribution in [2.75, 3.05) is 5.32 Å². The van der Waals surface area contributed by atoms with Crippen LogP contribution in [0.15, 0.2) is 41.5 Å². The van der Waals surface area contributed by atoms with Crippen molar-refractivity contribution in [3.8, 4) is 0 Å². The largest absolute Gasteiger partial charge is 0.456 e. The summed E-state index contributed by atoms with van der Waals surface area (Å²) in [6.45, 7) is 5.31. The van der Waals surface area contributed by atoms with E-state index in [0.717, 1.165) is 0 Å². The number of carbonyl (C=O) groups is 2. The van der Waals surface area contributed by atoms with Crippen molar-refractivity contribution in [1.82, 2.24) is 5.43 Å². The van der Waals surface area contributed by atoms with Crippen molar-refractivity contribution >= 4 is 29.6 Å². The number of rotatable bonds is 3. The second-order valence-corrected chi connectivity index (χ2v) is 6.07. The molecule has 0 aliphatic carbocycles. The zero-order valence-electron chi connectivity index (χ0n) is 13.8. The molecule has 0 aromatic heterocycles. The number of urea groups is 1. The van der Waals surface area contributed by atoms with Gasteiger partial charge in [0.25, 0.3) is 0 Å². The Hall–Kier alpha value is -3.09. The molecule has 0 fully saturated rings. The molecule has 1 heterocycles. The lowest BCUT2D eigenvalue weighted by molar-refractivity contribution is 0.00707. The van der Waals surface area contributed by atoms with Gasteiger partial charge in [-0.2, -0.15) is 5.10 Å². The summed E-state index contributed by atoms with van der Waals surface area (Å²) >= 11 is 0. The highest BCUT2D eigenvalue weighted by molar-refractivity contribution is 6.04. The minimum Gasteiger partial charge on any atom is -0.456 e. The number of anilines is 1. The molecule has 0 saturated carbocycles. The van der Waals surface area contributed by atoms with Crippen molar-refractivity contribution in [2.24, 2.45) is 10.8 Å². The number of para-hydroxylation sites is 1. The maximum absolute atomic E-state index is 12.5. The SMILES string of the molecule is CC(C)(C)OC(=O)c1cccc(C2=CC=CC=NN2)c1NC(N)=O. The van der Waals surface area contributed by atoms with E-state index < -0.39 is 17.6 Å². The number of primary amides is 1. The maximum atomic E-state index is 12.5. The first-order valence-corrected chi connectivity index (χ1v) is 7.37. The normalized spacial score (nSPS) is 13.5. The van der Waals surface area contributed by atoms with Crippen LogP contribution in [0.4, 0.5) is 10.5 Å². The molecule has 2 amide bonds. The first-order chi connectivity index (χ1) is 11.3. The predicted molar refractivity (Wildman–Crippen MR) is 93.6 cm³/mol. The van der Waals surface area contributed by atoms with E-state index in [2.05, 4.69) is 15.8 Å². The van der Waals surface area contributed by atoms with Gasteiger partial charge in [0, 0.05) is 11.8 Å². The lowest BCUT2D eigenvalue weighted by Gasteiger charge is -2.21. The average molecular weight is 328 g/mol. The number of allylic oxidation sites excluding steroid dienone is 3. The van der Waals surface area contributed by atoms with E-state index >= 15 is 0 Å². The Morgan fingerprint density at radius 2 is 2.00 bits per heavy atom. The molecular weight excluding hydrogens is 308 g/mol. The van der Waals surface area contributed by atoms with Gasteiger partial charge in [-0.25, -0.2) is 9.59 Å². The summed E-state index contributed by atoms with van der Waals surface area (Å²) in [6.07, 6.45) is 6.89. The molecule has 1 aliphatic rings. The zero-order valence-corrected chi connectivity index (χ0v) is 13.8. The van der Waals surface area contributed by atoms with E-state index in [9.17, 15) is 9.59 Å². The van der Waals surface area contributed by atoms with Crippen molar-refractivity contribution in [1.29, 1.82) is 0 Å². The molecule has 1 aliphatic heterocycles. The summed E-state index contributed by atoms with van der Waals surface area (Å²) < 4.78 is 5.40. The summed E-state index contributed by atoms with van der Waals surface area (Å²) in [5.74, 6) is -0.554. The van der Waals surface area contributed by atoms with E-state index in [1.165, 1.54) is 0 Å². The molecule has 1 aromatic rings. The van der Waals surface area contributed by atoms with Crippen LogP contribution in [0.25, 0.3) is 5.70 Å². The highest BCUT2D eigenvalue weighted by atomic mass is 16.6. The van der Waals surface area contributed by atoms with Crippen molar-refractivity contribution in [3.63, 3.8) is 0 Å². The van der Waals surface area contributed by atoms with Crippen LogP contribution in [-0.2, 0) is 4.74 Å². The number of ether oxygens (including phenoxy) is 1. The van der Waals surface area contributed by atoms with E-state index in [1.54, 1.807) is 63.4 Å². The monoisotopic (exact) mass is 328 g/mol. The second-order valence-electron chi connectivity index (χ2n) is 6.07. The fraction of sp³-hybridized carbons (Fsp3) is 0.235. The third kappa shape index (κ3) is 4.45. The topological polar surface area (TPSA) is 106 Å². The number of esters is 1. The minimum absolute atomic E-state index is 0.209. The third-order valence-electron chi connectivity index (χ3n) is 2.94. The molecule has 0 bridgehead atoms. The highest BCUT2D eigenvalue weighted by Crippen LogP contribution is 2.28. The highest BCUT2D eigenvalue weighted by Gasteiger charge is 2.23. The van der Waals surface area contributed by atoms with Gasteiger partial charge < -0.3 is 15.8 Å². The second kappa shape index (κ2) is 6.99. The Balaban J connectivity index is 2.52. The lowest BCUT2D eigenvalue weighted by atomic mass is 10.0. The number of nitrogens with two attached hydrogens (primary N) is 1. The fourth-order valence-corrected chi connectivity index (χ4v) is 2.08. The van der Waals surface area contributed by atoms with Crippen molar-refractivity contribution in [3.05, 3.63) is 47.6 Å². The molecule has 0 unspecified atom stereocenters. The number of hydrogen-bond donors (Lipinski definition) is 3. The number of hydrazone groups is 1. The zero-order chi connectivity index (χ0) is 17.7. The summed E-state index contributed by atoms with van der Waals surface area (Å²) in [7, 11) is 0. The van der Waals surface area contributed by atoms with Gasteiger partial charge in [-0.05, 0) is 39.0 Å². The quantitative estimate of drug-likeness (QED) is 0.742. The Morgan fingerprint density at radius 3 is 2.67 bits per heavy atom. The van der Waals surface area contributed by atoms with Gasteiger partial charge in [0.1, 0.15) is 5.60 Å². The molecular formula is C17H20N4O3. The van der Waals surface area contributed by atoms with Crippen LogP contribution >= 0.6 is 0 Å². The third-order valence-corrected chi connectivity index (χ3v) is 2.94. The maximum Gasteiger partial charge on any atom is 0.340 e. The number of hydrogen-bond acceptors (Lipinski definition) is 5. The number of carbonyl (C=O) groups excluding carboxylic acids is 2. The number of benzene rings is 1. The standard InChI is InChI=1S/C17H20N4O3/c1-17(2,3)24-15(22)12-8-6-7-11(14(12)20-16(18)23)13-9-4-5-10-19-21-13/h4-10,21H,1-3H3,(H3,18,20,23). The Kier molecular flexibility index (Phi) is 5.03. The number of amides is 2. The first-order valence-electron chi connectivity index (χ1n) is 7.37. The van der Waals surface area contributed by atoms with Gasteiger partial charge in [0.15, 0.2) is 0 Å². The van der Waals surface area contributed by atoms with Crippen molar-refractivity contribution < 1.29 is 14.3 Å². The Bertz CT molecular complexity index is 743. The van der Waals surface area contributed by atoms with Crippen molar-refractivity contribution in [2.45, 2.75) is 26.4 Å². The Labute approximate surface area is 140 Å². The van der Waals surface area contributed by atoms with E-state index in [1.807, 2.05) is 0 Å². The molecule has 24 heavy (non-hydrogen) atoms. The molecule has 1 aromatic carbocycles. The molecule has 0 spiro atoms. The molecule has 0 saturated heterocycles. The molecule has 2 rings (SSSR count). The number of nitrogens with zero attached hydrogens (tertiary/aromatic N) is 1. The van der Waals surface area contributed by atoms with Gasteiger partial charge in [-0.1, -0.05) is 18.2 Å². The summed E-state index contributed by atoms with van der Waals surface area (Å²) in [4.78, 5) is 23.9.